The Labute approximate surface area is 112 Å². The van der Waals surface area contributed by atoms with E-state index in [2.05, 4.69) is 0 Å². The van der Waals surface area contributed by atoms with Crippen LogP contribution in [0.1, 0.15) is 18.6 Å². The minimum absolute atomic E-state index is 0.299. The molecule has 2 rings (SSSR count). The Morgan fingerprint density at radius 1 is 1.00 bits per heavy atom. The van der Waals surface area contributed by atoms with Gasteiger partial charge in [-0.05, 0) is 17.7 Å². The Bertz CT molecular complexity index is 508. The predicted molar refractivity (Wildman–Crippen MR) is 72.9 cm³/mol. The van der Waals surface area contributed by atoms with Gasteiger partial charge in [-0.15, -0.1) is 0 Å². The van der Waals surface area contributed by atoms with E-state index >= 15 is 0 Å². The van der Waals surface area contributed by atoms with E-state index in [0.29, 0.717) is 6.61 Å². The number of ether oxygens (including phenoxy) is 2. The summed E-state index contributed by atoms with van der Waals surface area (Å²) in [4.78, 5) is 11.2. The summed E-state index contributed by atoms with van der Waals surface area (Å²) in [7, 11) is 0. The van der Waals surface area contributed by atoms with Crippen LogP contribution >= 0.6 is 0 Å². The molecule has 0 saturated heterocycles. The maximum atomic E-state index is 11.2. The van der Waals surface area contributed by atoms with Crippen LogP contribution < -0.4 is 4.74 Å². The van der Waals surface area contributed by atoms with Gasteiger partial charge in [-0.2, -0.15) is 0 Å². The maximum absolute atomic E-state index is 11.2. The van der Waals surface area contributed by atoms with E-state index in [4.69, 9.17) is 9.47 Å². The van der Waals surface area contributed by atoms with Crippen molar-refractivity contribution in [3.8, 4) is 5.75 Å². The molecule has 0 aliphatic heterocycles. The molecule has 1 atom stereocenters. The number of carbonyl (C=O) groups excluding carboxylic acids is 1. The van der Waals surface area contributed by atoms with Gasteiger partial charge in [-0.3, -0.25) is 4.79 Å². The standard InChI is InChI=1S/C16H16O3/c1-13(17)19-16(14-8-4-2-5-9-14)12-18-15-10-6-3-7-11-15/h2-11,16H,12H2,1H3. The molecule has 0 heterocycles. The van der Waals surface area contributed by atoms with Gasteiger partial charge in [-0.25, -0.2) is 0 Å². The van der Waals surface area contributed by atoms with Crippen LogP contribution in [-0.4, -0.2) is 12.6 Å². The highest BCUT2D eigenvalue weighted by molar-refractivity contribution is 5.66. The molecule has 0 amide bonds. The molecule has 0 bridgehead atoms. The first-order valence-electron chi connectivity index (χ1n) is 6.16. The van der Waals surface area contributed by atoms with Crippen molar-refractivity contribution in [2.45, 2.75) is 13.0 Å². The third kappa shape index (κ3) is 4.14. The molecule has 0 radical (unpaired) electrons. The van der Waals surface area contributed by atoms with Crippen LogP contribution in [0.3, 0.4) is 0 Å². The van der Waals surface area contributed by atoms with E-state index in [9.17, 15) is 4.79 Å². The molecule has 0 saturated carbocycles. The van der Waals surface area contributed by atoms with Gasteiger partial charge < -0.3 is 9.47 Å². The van der Waals surface area contributed by atoms with Gasteiger partial charge in [0.25, 0.3) is 0 Å². The van der Waals surface area contributed by atoms with Crippen molar-refractivity contribution in [1.29, 1.82) is 0 Å². The summed E-state index contributed by atoms with van der Waals surface area (Å²) >= 11 is 0. The molecule has 98 valence electrons. The zero-order chi connectivity index (χ0) is 13.5. The fourth-order valence-electron chi connectivity index (χ4n) is 1.75. The average molecular weight is 256 g/mol. The first-order chi connectivity index (χ1) is 9.25. The molecule has 0 aliphatic carbocycles. The lowest BCUT2D eigenvalue weighted by molar-refractivity contribution is -0.148. The van der Waals surface area contributed by atoms with Crippen molar-refractivity contribution in [1.82, 2.24) is 0 Å². The number of para-hydroxylation sites is 1. The van der Waals surface area contributed by atoms with Crippen LogP contribution in [0.15, 0.2) is 60.7 Å². The summed E-state index contributed by atoms with van der Waals surface area (Å²) in [5, 5.41) is 0. The maximum Gasteiger partial charge on any atom is 0.303 e. The topological polar surface area (TPSA) is 35.5 Å². The van der Waals surface area contributed by atoms with Crippen LogP contribution in [0.25, 0.3) is 0 Å². The molecule has 0 N–H and O–H groups in total. The second kappa shape index (κ2) is 6.59. The number of rotatable bonds is 5. The van der Waals surface area contributed by atoms with Crippen LogP contribution in [0, 0.1) is 0 Å². The highest BCUT2D eigenvalue weighted by Crippen LogP contribution is 2.19. The molecular formula is C16H16O3. The predicted octanol–water partition coefficient (Wildman–Crippen LogP) is 3.37. The van der Waals surface area contributed by atoms with E-state index < -0.39 is 0 Å². The van der Waals surface area contributed by atoms with E-state index in [0.717, 1.165) is 11.3 Å². The highest BCUT2D eigenvalue weighted by Gasteiger charge is 2.15. The SMILES string of the molecule is CC(=O)OC(COc1ccccc1)c1ccccc1. The quantitative estimate of drug-likeness (QED) is 0.769. The van der Waals surface area contributed by atoms with Gasteiger partial charge in [0.1, 0.15) is 12.4 Å². The molecule has 0 aliphatic rings. The number of hydrogen-bond acceptors (Lipinski definition) is 3. The molecule has 1 unspecified atom stereocenters. The fourth-order valence-corrected chi connectivity index (χ4v) is 1.75. The van der Waals surface area contributed by atoms with E-state index in [1.807, 2.05) is 60.7 Å². The van der Waals surface area contributed by atoms with E-state index in [1.54, 1.807) is 0 Å². The Kier molecular flexibility index (Phi) is 4.56. The van der Waals surface area contributed by atoms with Gasteiger partial charge in [0.2, 0.25) is 0 Å². The van der Waals surface area contributed by atoms with Crippen LogP contribution in [0.5, 0.6) is 5.75 Å². The summed E-state index contributed by atoms with van der Waals surface area (Å²) in [5.41, 5.74) is 0.925. The van der Waals surface area contributed by atoms with Gasteiger partial charge in [0.05, 0.1) is 0 Å². The minimum Gasteiger partial charge on any atom is -0.489 e. The Morgan fingerprint density at radius 3 is 2.16 bits per heavy atom. The summed E-state index contributed by atoms with van der Waals surface area (Å²) in [6.45, 7) is 1.70. The minimum atomic E-state index is -0.390. The fraction of sp³-hybridized carbons (Fsp3) is 0.188. The lowest BCUT2D eigenvalue weighted by atomic mass is 10.1. The molecule has 3 heteroatoms. The normalized spacial score (nSPS) is 11.6. The lowest BCUT2D eigenvalue weighted by Crippen LogP contribution is -2.16. The van der Waals surface area contributed by atoms with Crippen molar-refractivity contribution < 1.29 is 14.3 Å². The third-order valence-electron chi connectivity index (χ3n) is 2.62. The molecule has 0 fully saturated rings. The first kappa shape index (κ1) is 13.1. The van der Waals surface area contributed by atoms with Gasteiger partial charge in [0, 0.05) is 6.92 Å². The highest BCUT2D eigenvalue weighted by atomic mass is 16.6. The summed E-state index contributed by atoms with van der Waals surface area (Å²) in [6, 6.07) is 19.1. The largest absolute Gasteiger partial charge is 0.489 e. The monoisotopic (exact) mass is 256 g/mol. The molecule has 3 nitrogen and oxygen atoms in total. The summed E-state index contributed by atoms with van der Waals surface area (Å²) < 4.78 is 10.9. The van der Waals surface area contributed by atoms with Gasteiger partial charge in [0.15, 0.2) is 6.10 Å². The summed E-state index contributed by atoms with van der Waals surface area (Å²) in [6.07, 6.45) is -0.390. The van der Waals surface area contributed by atoms with Crippen molar-refractivity contribution in [2.75, 3.05) is 6.61 Å². The number of esters is 1. The number of benzene rings is 2. The van der Waals surface area contributed by atoms with Crippen LogP contribution in [0.4, 0.5) is 0 Å². The van der Waals surface area contributed by atoms with Crippen molar-refractivity contribution >= 4 is 5.97 Å². The smallest absolute Gasteiger partial charge is 0.303 e. The number of hydrogen-bond donors (Lipinski definition) is 0. The third-order valence-corrected chi connectivity index (χ3v) is 2.62. The van der Waals surface area contributed by atoms with E-state index in [1.165, 1.54) is 6.92 Å². The lowest BCUT2D eigenvalue weighted by Gasteiger charge is -2.18. The van der Waals surface area contributed by atoms with Crippen molar-refractivity contribution in [2.24, 2.45) is 0 Å². The molecule has 0 spiro atoms. The average Bonchev–Trinajstić information content (AvgIpc) is 2.45. The van der Waals surface area contributed by atoms with Crippen molar-refractivity contribution in [3.63, 3.8) is 0 Å². The van der Waals surface area contributed by atoms with Gasteiger partial charge >= 0.3 is 5.97 Å². The summed E-state index contributed by atoms with van der Waals surface area (Å²) in [5.74, 6) is 0.445. The molecular weight excluding hydrogens is 240 g/mol. The van der Waals surface area contributed by atoms with E-state index in [-0.39, 0.29) is 12.1 Å². The molecule has 19 heavy (non-hydrogen) atoms. The second-order valence-corrected chi connectivity index (χ2v) is 4.13. The Hall–Kier alpha value is -2.29. The molecule has 2 aromatic rings. The van der Waals surface area contributed by atoms with Crippen LogP contribution in [-0.2, 0) is 9.53 Å². The zero-order valence-corrected chi connectivity index (χ0v) is 10.8. The molecule has 2 aromatic carbocycles. The Balaban J connectivity index is 2.04. The molecule has 0 aromatic heterocycles. The zero-order valence-electron chi connectivity index (χ0n) is 10.8. The number of carbonyl (C=O) groups is 1. The van der Waals surface area contributed by atoms with Crippen molar-refractivity contribution in [3.05, 3.63) is 66.2 Å². The first-order valence-corrected chi connectivity index (χ1v) is 6.16. The van der Waals surface area contributed by atoms with Gasteiger partial charge in [-0.1, -0.05) is 48.5 Å². The second-order valence-electron chi connectivity index (χ2n) is 4.13. The Morgan fingerprint density at radius 2 is 1.58 bits per heavy atom. The van der Waals surface area contributed by atoms with Crippen LogP contribution in [0.2, 0.25) is 0 Å².